The number of hydrogen-bond donors (Lipinski definition) is 2. The second kappa shape index (κ2) is 3.93. The Labute approximate surface area is 81.9 Å². The van der Waals surface area contributed by atoms with Gasteiger partial charge >= 0.3 is 0 Å². The highest BCUT2D eigenvalue weighted by molar-refractivity contribution is 7.97. The van der Waals surface area contributed by atoms with Crippen molar-refractivity contribution in [1.29, 1.82) is 0 Å². The van der Waals surface area contributed by atoms with Crippen molar-refractivity contribution in [2.45, 2.75) is 31.3 Å². The molecule has 0 saturated heterocycles. The van der Waals surface area contributed by atoms with Crippen LogP contribution in [0.15, 0.2) is 17.2 Å². The van der Waals surface area contributed by atoms with Gasteiger partial charge in [0.15, 0.2) is 0 Å². The molecule has 0 saturated carbocycles. The van der Waals surface area contributed by atoms with Crippen LogP contribution in [0.25, 0.3) is 0 Å². The minimum absolute atomic E-state index is 0.0320. The van der Waals surface area contributed by atoms with Crippen LogP contribution in [0.3, 0.4) is 0 Å². The zero-order chi connectivity index (χ0) is 9.90. The van der Waals surface area contributed by atoms with E-state index in [-0.39, 0.29) is 11.4 Å². The predicted octanol–water partition coefficient (Wildman–Crippen LogP) is 1.58. The first-order chi connectivity index (χ1) is 5.97. The second-order valence-electron chi connectivity index (χ2n) is 3.68. The molecule has 0 aliphatic carbocycles. The van der Waals surface area contributed by atoms with E-state index in [0.717, 1.165) is 5.03 Å². The lowest BCUT2D eigenvalue weighted by Gasteiger charge is -2.18. The first kappa shape index (κ1) is 10.3. The first-order valence-corrected chi connectivity index (χ1v) is 4.76. The minimum atomic E-state index is -0.0555. The van der Waals surface area contributed by atoms with Gasteiger partial charge in [0.05, 0.1) is 0 Å². The van der Waals surface area contributed by atoms with E-state index in [1.807, 2.05) is 0 Å². The quantitative estimate of drug-likeness (QED) is 0.708. The highest BCUT2D eigenvalue weighted by Gasteiger charge is 2.09. The highest BCUT2D eigenvalue weighted by Crippen LogP contribution is 2.15. The van der Waals surface area contributed by atoms with Crippen molar-refractivity contribution >= 4 is 11.9 Å². The summed E-state index contributed by atoms with van der Waals surface area (Å²) < 4.78 is 3.19. The van der Waals surface area contributed by atoms with Gasteiger partial charge in [-0.2, -0.15) is 0 Å². The average Bonchev–Trinajstić information content (AvgIpc) is 2.02. The molecule has 0 spiro atoms. The van der Waals surface area contributed by atoms with E-state index < -0.39 is 0 Å². The average molecular weight is 199 g/mol. The highest BCUT2D eigenvalue weighted by atomic mass is 32.2. The maximum atomic E-state index is 8.88. The molecule has 5 heteroatoms. The van der Waals surface area contributed by atoms with Crippen molar-refractivity contribution in [3.05, 3.63) is 12.1 Å². The van der Waals surface area contributed by atoms with Gasteiger partial charge in [0.1, 0.15) is 5.03 Å². The van der Waals surface area contributed by atoms with Gasteiger partial charge in [-0.05, 0) is 38.8 Å². The first-order valence-electron chi connectivity index (χ1n) is 3.94. The summed E-state index contributed by atoms with van der Waals surface area (Å²) in [6, 6.07) is 3.23. The summed E-state index contributed by atoms with van der Waals surface area (Å²) in [7, 11) is 0. The topological polar surface area (TPSA) is 58.0 Å². The lowest BCUT2D eigenvalue weighted by atomic mass is 10.1. The van der Waals surface area contributed by atoms with Crippen LogP contribution in [0.1, 0.15) is 20.8 Å². The van der Waals surface area contributed by atoms with E-state index in [0.29, 0.717) is 0 Å². The zero-order valence-electron chi connectivity index (χ0n) is 7.90. The van der Waals surface area contributed by atoms with Crippen molar-refractivity contribution in [2.75, 3.05) is 0 Å². The smallest absolute Gasteiger partial charge is 0.230 e. The molecule has 0 bridgehead atoms. The molecular formula is C8H13N3OS. The van der Waals surface area contributed by atoms with Crippen molar-refractivity contribution in [3.8, 4) is 5.88 Å². The third kappa shape index (κ3) is 4.10. The summed E-state index contributed by atoms with van der Waals surface area (Å²) in [5.41, 5.74) is 0.0320. The van der Waals surface area contributed by atoms with Gasteiger partial charge in [-0.3, -0.25) is 4.72 Å². The molecule has 0 fully saturated rings. The van der Waals surface area contributed by atoms with Gasteiger partial charge in [0.2, 0.25) is 5.88 Å². The van der Waals surface area contributed by atoms with Crippen LogP contribution in [-0.2, 0) is 0 Å². The van der Waals surface area contributed by atoms with Crippen LogP contribution < -0.4 is 4.72 Å². The SMILES string of the molecule is CC(C)(C)NSc1ccc(O)nn1. The van der Waals surface area contributed by atoms with Gasteiger partial charge in [0, 0.05) is 11.6 Å². The van der Waals surface area contributed by atoms with Crippen molar-refractivity contribution in [2.24, 2.45) is 0 Å². The molecule has 1 heterocycles. The maximum absolute atomic E-state index is 8.88. The largest absolute Gasteiger partial charge is 0.492 e. The fourth-order valence-corrected chi connectivity index (χ4v) is 1.20. The standard InChI is InChI=1S/C8H13N3OS/c1-8(2,3)11-13-7-5-4-6(12)9-10-7/h4-5,11H,1-3H3,(H,9,12). The second-order valence-corrected chi connectivity index (χ2v) is 4.51. The molecule has 72 valence electrons. The summed E-state index contributed by atoms with van der Waals surface area (Å²) >= 11 is 1.40. The molecule has 1 aromatic heterocycles. The third-order valence-corrected chi connectivity index (χ3v) is 2.23. The Morgan fingerprint density at radius 3 is 2.46 bits per heavy atom. The van der Waals surface area contributed by atoms with E-state index in [1.54, 1.807) is 6.07 Å². The molecule has 0 radical (unpaired) electrons. The molecule has 0 aliphatic rings. The fourth-order valence-electron chi connectivity index (χ4n) is 0.573. The Kier molecular flexibility index (Phi) is 3.11. The Bertz CT molecular complexity index is 268. The van der Waals surface area contributed by atoms with Gasteiger partial charge in [-0.1, -0.05) is 0 Å². The predicted molar refractivity (Wildman–Crippen MR) is 52.4 cm³/mol. The van der Waals surface area contributed by atoms with Crippen LogP contribution in [0, 0.1) is 0 Å². The molecule has 0 aromatic carbocycles. The fraction of sp³-hybridized carbons (Fsp3) is 0.500. The Balaban J connectivity index is 2.51. The number of nitrogens with zero attached hydrogens (tertiary/aromatic N) is 2. The summed E-state index contributed by atoms with van der Waals surface area (Å²) in [5, 5.41) is 16.9. The summed E-state index contributed by atoms with van der Waals surface area (Å²) in [6.45, 7) is 6.19. The van der Waals surface area contributed by atoms with Crippen LogP contribution in [-0.4, -0.2) is 20.8 Å². The molecular weight excluding hydrogens is 186 g/mol. The van der Waals surface area contributed by atoms with E-state index in [1.165, 1.54) is 18.0 Å². The normalized spacial score (nSPS) is 11.6. The Morgan fingerprint density at radius 1 is 1.31 bits per heavy atom. The summed E-state index contributed by atoms with van der Waals surface area (Å²) in [6.07, 6.45) is 0. The van der Waals surface area contributed by atoms with E-state index in [2.05, 4.69) is 35.7 Å². The summed E-state index contributed by atoms with van der Waals surface area (Å²) in [5.74, 6) is -0.0555. The molecule has 0 unspecified atom stereocenters. The van der Waals surface area contributed by atoms with Crippen LogP contribution in [0.4, 0.5) is 0 Å². The number of rotatable bonds is 2. The summed E-state index contributed by atoms with van der Waals surface area (Å²) in [4.78, 5) is 0. The molecule has 2 N–H and O–H groups in total. The van der Waals surface area contributed by atoms with Crippen LogP contribution in [0.2, 0.25) is 0 Å². The van der Waals surface area contributed by atoms with Crippen molar-refractivity contribution in [3.63, 3.8) is 0 Å². The van der Waals surface area contributed by atoms with Gasteiger partial charge in [0.25, 0.3) is 0 Å². The van der Waals surface area contributed by atoms with E-state index in [9.17, 15) is 0 Å². The number of hydrogen-bond acceptors (Lipinski definition) is 5. The number of nitrogens with one attached hydrogen (secondary N) is 1. The lowest BCUT2D eigenvalue weighted by molar-refractivity contribution is 0.442. The Morgan fingerprint density at radius 2 is 2.00 bits per heavy atom. The molecule has 13 heavy (non-hydrogen) atoms. The van der Waals surface area contributed by atoms with E-state index in [4.69, 9.17) is 5.11 Å². The van der Waals surface area contributed by atoms with Gasteiger partial charge in [-0.15, -0.1) is 10.2 Å². The zero-order valence-corrected chi connectivity index (χ0v) is 8.72. The van der Waals surface area contributed by atoms with Gasteiger partial charge < -0.3 is 5.11 Å². The molecule has 0 amide bonds. The molecule has 1 aromatic rings. The Hall–Kier alpha value is -0.810. The number of aromatic nitrogens is 2. The third-order valence-electron chi connectivity index (χ3n) is 1.09. The van der Waals surface area contributed by atoms with Crippen molar-refractivity contribution < 1.29 is 5.11 Å². The van der Waals surface area contributed by atoms with Crippen molar-refractivity contribution in [1.82, 2.24) is 14.9 Å². The van der Waals surface area contributed by atoms with Crippen LogP contribution >= 0.6 is 11.9 Å². The van der Waals surface area contributed by atoms with Gasteiger partial charge in [-0.25, -0.2) is 0 Å². The molecule has 4 nitrogen and oxygen atoms in total. The molecule has 1 rings (SSSR count). The lowest BCUT2D eigenvalue weighted by Crippen LogP contribution is -2.29. The van der Waals surface area contributed by atoms with E-state index >= 15 is 0 Å². The minimum Gasteiger partial charge on any atom is -0.492 e. The number of aromatic hydroxyl groups is 1. The van der Waals surface area contributed by atoms with Crippen LogP contribution in [0.5, 0.6) is 5.88 Å². The monoisotopic (exact) mass is 199 g/mol. The molecule has 0 atom stereocenters. The maximum Gasteiger partial charge on any atom is 0.230 e. The molecule has 0 aliphatic heterocycles.